The maximum absolute atomic E-state index is 12.4. The number of rotatable bonds is 6. The van der Waals surface area contributed by atoms with Crippen molar-refractivity contribution in [1.29, 1.82) is 0 Å². The van der Waals surface area contributed by atoms with E-state index < -0.39 is 0 Å². The summed E-state index contributed by atoms with van der Waals surface area (Å²) in [7, 11) is 0. The van der Waals surface area contributed by atoms with E-state index in [4.69, 9.17) is 17.3 Å². The van der Waals surface area contributed by atoms with Crippen molar-refractivity contribution in [2.24, 2.45) is 17.6 Å². The fourth-order valence-electron chi connectivity index (χ4n) is 3.23. The van der Waals surface area contributed by atoms with Gasteiger partial charge in [-0.3, -0.25) is 9.59 Å². The van der Waals surface area contributed by atoms with Gasteiger partial charge in [-0.2, -0.15) is 0 Å². The highest BCUT2D eigenvalue weighted by Crippen LogP contribution is 2.29. The van der Waals surface area contributed by atoms with Crippen molar-refractivity contribution in [1.82, 2.24) is 5.32 Å². The highest BCUT2D eigenvalue weighted by atomic mass is 35.5. The first-order valence-electron chi connectivity index (χ1n) is 8.66. The van der Waals surface area contributed by atoms with Gasteiger partial charge in [-0.25, -0.2) is 0 Å². The lowest BCUT2D eigenvalue weighted by Gasteiger charge is -2.16. The van der Waals surface area contributed by atoms with Gasteiger partial charge in [0.25, 0.3) is 5.91 Å². The number of halogens is 2. The molecule has 1 aromatic carbocycles. The number of nitrogens with one attached hydrogen (secondary N) is 2. The quantitative estimate of drug-likeness (QED) is 0.701. The number of hydrogen-bond donors (Lipinski definition) is 3. The molecule has 2 aliphatic carbocycles. The molecular weight excluding hydrogens is 361 g/mol. The van der Waals surface area contributed by atoms with E-state index in [1.165, 1.54) is 12.8 Å². The second kappa shape index (κ2) is 8.88. The monoisotopic (exact) mass is 385 g/mol. The van der Waals surface area contributed by atoms with Gasteiger partial charge in [-0.15, -0.1) is 12.4 Å². The minimum absolute atomic E-state index is 0. The molecule has 7 heteroatoms. The third-order valence-corrected chi connectivity index (χ3v) is 5.15. The van der Waals surface area contributed by atoms with E-state index in [1.807, 2.05) is 0 Å². The lowest BCUT2D eigenvalue weighted by molar-refractivity contribution is -0.117. The molecule has 5 nitrogen and oxygen atoms in total. The molecule has 0 aliphatic heterocycles. The molecule has 138 valence electrons. The smallest absolute Gasteiger partial charge is 0.253 e. The first-order chi connectivity index (χ1) is 11.5. The van der Waals surface area contributed by atoms with Crippen molar-refractivity contribution in [2.45, 2.75) is 44.6 Å². The van der Waals surface area contributed by atoms with E-state index in [9.17, 15) is 9.59 Å². The summed E-state index contributed by atoms with van der Waals surface area (Å²) in [6.07, 6.45) is 5.78. The number of benzene rings is 1. The maximum atomic E-state index is 12.4. The Hall–Kier alpha value is -1.30. The summed E-state index contributed by atoms with van der Waals surface area (Å²) in [6.45, 7) is 0.676. The molecule has 0 aromatic heterocycles. The molecule has 25 heavy (non-hydrogen) atoms. The topological polar surface area (TPSA) is 84.2 Å². The van der Waals surface area contributed by atoms with Crippen LogP contribution in [0.15, 0.2) is 18.2 Å². The summed E-state index contributed by atoms with van der Waals surface area (Å²) in [5, 5.41) is 6.24. The fourth-order valence-corrected chi connectivity index (χ4v) is 3.40. The van der Waals surface area contributed by atoms with E-state index in [2.05, 4.69) is 10.6 Å². The average Bonchev–Trinajstić information content (AvgIpc) is 3.30. The molecule has 0 heterocycles. The minimum Gasteiger partial charge on any atom is -0.352 e. The van der Waals surface area contributed by atoms with Gasteiger partial charge >= 0.3 is 0 Å². The van der Waals surface area contributed by atoms with Crippen LogP contribution in [0.4, 0.5) is 5.69 Å². The van der Waals surface area contributed by atoms with Crippen LogP contribution in [-0.4, -0.2) is 24.4 Å². The Morgan fingerprint density at radius 3 is 2.60 bits per heavy atom. The van der Waals surface area contributed by atoms with Crippen molar-refractivity contribution >= 4 is 41.5 Å². The maximum Gasteiger partial charge on any atom is 0.253 e. The second-order valence-corrected chi connectivity index (χ2v) is 7.39. The predicted octanol–water partition coefficient (Wildman–Crippen LogP) is 3.36. The van der Waals surface area contributed by atoms with Gasteiger partial charge in [0.1, 0.15) is 0 Å². The Morgan fingerprint density at radius 2 is 1.96 bits per heavy atom. The molecule has 2 amide bonds. The Kier molecular flexibility index (Phi) is 7.11. The molecule has 0 unspecified atom stereocenters. The van der Waals surface area contributed by atoms with E-state index in [-0.39, 0.29) is 36.2 Å². The number of carbonyl (C=O) groups is 2. The van der Waals surface area contributed by atoms with E-state index in [0.29, 0.717) is 35.2 Å². The van der Waals surface area contributed by atoms with Crippen molar-refractivity contribution in [3.63, 3.8) is 0 Å². The fraction of sp³-hybridized carbons (Fsp3) is 0.556. The largest absolute Gasteiger partial charge is 0.352 e. The summed E-state index contributed by atoms with van der Waals surface area (Å²) in [4.78, 5) is 24.7. The van der Waals surface area contributed by atoms with Crippen LogP contribution in [0.5, 0.6) is 0 Å². The molecule has 2 atom stereocenters. The van der Waals surface area contributed by atoms with E-state index in [0.717, 1.165) is 19.3 Å². The standard InChI is InChI=1S/C18H24ClN3O2.ClH/c19-13-6-7-16(14(9-13)18(24)21-10-11-4-5-11)22-17(23)8-12-2-1-3-15(12)20;/h6-7,9,11-12,15H,1-5,8,10,20H2,(H,21,24)(H,22,23);1H/t12-,15+;/m0./s1. The lowest BCUT2D eigenvalue weighted by Crippen LogP contribution is -2.29. The number of amides is 2. The van der Waals surface area contributed by atoms with Gasteiger partial charge in [-0.1, -0.05) is 18.0 Å². The number of hydrogen-bond acceptors (Lipinski definition) is 3. The van der Waals surface area contributed by atoms with E-state index >= 15 is 0 Å². The van der Waals surface area contributed by atoms with Crippen LogP contribution in [0.3, 0.4) is 0 Å². The van der Waals surface area contributed by atoms with Crippen LogP contribution in [0.25, 0.3) is 0 Å². The van der Waals surface area contributed by atoms with Crippen molar-refractivity contribution in [2.75, 3.05) is 11.9 Å². The van der Waals surface area contributed by atoms with Crippen LogP contribution >= 0.6 is 24.0 Å². The van der Waals surface area contributed by atoms with Crippen LogP contribution in [0.2, 0.25) is 5.02 Å². The number of nitrogens with two attached hydrogens (primary N) is 1. The van der Waals surface area contributed by atoms with Crippen LogP contribution in [-0.2, 0) is 4.79 Å². The molecule has 1 aromatic rings. The van der Waals surface area contributed by atoms with Gasteiger partial charge in [-0.05, 0) is 55.7 Å². The SMILES string of the molecule is Cl.N[C@@H]1CCC[C@H]1CC(=O)Nc1ccc(Cl)cc1C(=O)NCC1CC1. The normalized spacial score (nSPS) is 22.2. The third-order valence-electron chi connectivity index (χ3n) is 4.91. The summed E-state index contributed by atoms with van der Waals surface area (Å²) in [5.74, 6) is 0.521. The molecule has 4 N–H and O–H groups in total. The molecule has 0 radical (unpaired) electrons. The molecule has 0 saturated heterocycles. The Morgan fingerprint density at radius 1 is 1.20 bits per heavy atom. The highest BCUT2D eigenvalue weighted by Gasteiger charge is 2.27. The van der Waals surface area contributed by atoms with Gasteiger partial charge in [0.15, 0.2) is 0 Å². The van der Waals surface area contributed by atoms with Gasteiger partial charge in [0, 0.05) is 24.0 Å². The van der Waals surface area contributed by atoms with Gasteiger partial charge in [0.2, 0.25) is 5.91 Å². The molecule has 0 spiro atoms. The Bertz CT molecular complexity index is 635. The number of carbonyl (C=O) groups excluding carboxylic acids is 2. The summed E-state index contributed by atoms with van der Waals surface area (Å²) >= 11 is 6.02. The Balaban J connectivity index is 0.00000225. The molecular formula is C18H25Cl2N3O2. The van der Waals surface area contributed by atoms with E-state index in [1.54, 1.807) is 18.2 Å². The molecule has 3 rings (SSSR count). The zero-order valence-electron chi connectivity index (χ0n) is 14.1. The molecule has 2 fully saturated rings. The van der Waals surface area contributed by atoms with Crippen molar-refractivity contribution in [3.8, 4) is 0 Å². The van der Waals surface area contributed by atoms with Crippen molar-refractivity contribution in [3.05, 3.63) is 28.8 Å². The van der Waals surface area contributed by atoms with Crippen LogP contribution in [0, 0.1) is 11.8 Å². The molecule has 2 saturated carbocycles. The summed E-state index contributed by atoms with van der Waals surface area (Å²) in [5.41, 5.74) is 6.94. The lowest BCUT2D eigenvalue weighted by atomic mass is 9.99. The second-order valence-electron chi connectivity index (χ2n) is 6.95. The highest BCUT2D eigenvalue weighted by molar-refractivity contribution is 6.31. The minimum atomic E-state index is -0.197. The third kappa shape index (κ3) is 5.59. The zero-order valence-corrected chi connectivity index (χ0v) is 15.7. The average molecular weight is 386 g/mol. The van der Waals surface area contributed by atoms with Crippen LogP contribution < -0.4 is 16.4 Å². The molecule has 0 bridgehead atoms. The predicted molar refractivity (Wildman–Crippen MR) is 102 cm³/mol. The van der Waals surface area contributed by atoms with Gasteiger partial charge < -0.3 is 16.4 Å². The van der Waals surface area contributed by atoms with Crippen LogP contribution in [0.1, 0.15) is 48.9 Å². The Labute approximate surface area is 159 Å². The van der Waals surface area contributed by atoms with Gasteiger partial charge in [0.05, 0.1) is 11.3 Å². The zero-order chi connectivity index (χ0) is 17.1. The first-order valence-corrected chi connectivity index (χ1v) is 9.04. The van der Waals surface area contributed by atoms with Crippen molar-refractivity contribution < 1.29 is 9.59 Å². The molecule has 2 aliphatic rings. The first kappa shape index (κ1) is 20.0. The number of anilines is 1. The summed E-state index contributed by atoms with van der Waals surface area (Å²) in [6, 6.07) is 5.06. The summed E-state index contributed by atoms with van der Waals surface area (Å²) < 4.78 is 0.